The average Bonchev–Trinajstić information content (AvgIpc) is 2.44. The number of hydrogen-bond acceptors (Lipinski definition) is 4. The lowest BCUT2D eigenvalue weighted by molar-refractivity contribution is 0.965. The molecule has 14 heavy (non-hydrogen) atoms. The van der Waals surface area contributed by atoms with Gasteiger partial charge in [-0.1, -0.05) is 11.6 Å². The Labute approximate surface area is 84.2 Å². The monoisotopic (exact) mass is 210 g/mol. The molecule has 0 aromatic carbocycles. The predicted molar refractivity (Wildman–Crippen MR) is 51.4 cm³/mol. The summed E-state index contributed by atoms with van der Waals surface area (Å²) in [5, 5.41) is 15.0. The van der Waals surface area contributed by atoms with Crippen LogP contribution in [-0.2, 0) is 6.42 Å². The van der Waals surface area contributed by atoms with Crippen molar-refractivity contribution in [1.29, 1.82) is 5.41 Å². The van der Waals surface area contributed by atoms with E-state index in [1.54, 1.807) is 10.6 Å². The van der Waals surface area contributed by atoms with Gasteiger partial charge in [-0.05, 0) is 0 Å². The minimum atomic E-state index is 0.0169. The van der Waals surface area contributed by atoms with E-state index in [0.29, 0.717) is 16.6 Å². The first-order chi connectivity index (χ1) is 6.68. The summed E-state index contributed by atoms with van der Waals surface area (Å²) in [6.07, 6.45) is 3.39. The molecule has 0 fully saturated rings. The molecule has 2 rings (SSSR count). The van der Waals surface area contributed by atoms with Gasteiger partial charge in [0.25, 0.3) is 5.78 Å². The molecule has 0 amide bonds. The Morgan fingerprint density at radius 3 is 3.07 bits per heavy atom. The normalized spacial score (nSPS) is 10.6. The van der Waals surface area contributed by atoms with Gasteiger partial charge >= 0.3 is 0 Å². The standard InChI is InChI=1S/C7H7ClN6/c8-6-4(3-5(9)10)12-7-13-11-1-2-14(6)7/h1-2H,3H2,(H3,9,10). The first-order valence-electron chi connectivity index (χ1n) is 3.85. The van der Waals surface area contributed by atoms with Crippen molar-refractivity contribution >= 4 is 23.2 Å². The molecule has 2 aromatic heterocycles. The number of imidazole rings is 1. The van der Waals surface area contributed by atoms with Gasteiger partial charge in [0.05, 0.1) is 24.1 Å². The lowest BCUT2D eigenvalue weighted by Gasteiger charge is -1.93. The molecular weight excluding hydrogens is 204 g/mol. The number of nitrogens with one attached hydrogen (secondary N) is 1. The van der Waals surface area contributed by atoms with Crippen LogP contribution in [0.4, 0.5) is 0 Å². The summed E-state index contributed by atoms with van der Waals surface area (Å²) in [5.41, 5.74) is 5.80. The van der Waals surface area contributed by atoms with Crippen LogP contribution in [0.15, 0.2) is 12.4 Å². The summed E-state index contributed by atoms with van der Waals surface area (Å²) in [4.78, 5) is 4.09. The van der Waals surface area contributed by atoms with Crippen molar-refractivity contribution in [2.45, 2.75) is 6.42 Å². The molecule has 0 saturated heterocycles. The Balaban J connectivity index is 2.57. The molecule has 0 atom stereocenters. The fraction of sp³-hybridized carbons (Fsp3) is 0.143. The molecule has 3 N–H and O–H groups in total. The Morgan fingerprint density at radius 2 is 2.43 bits per heavy atom. The molecule has 6 nitrogen and oxygen atoms in total. The van der Waals surface area contributed by atoms with Gasteiger partial charge in [0.2, 0.25) is 0 Å². The molecule has 0 radical (unpaired) electrons. The number of nitrogens with zero attached hydrogens (tertiary/aromatic N) is 4. The maximum Gasteiger partial charge on any atom is 0.255 e. The van der Waals surface area contributed by atoms with Crippen molar-refractivity contribution in [3.05, 3.63) is 23.2 Å². The van der Waals surface area contributed by atoms with Crippen molar-refractivity contribution < 1.29 is 0 Å². The van der Waals surface area contributed by atoms with Gasteiger partial charge in [0.15, 0.2) is 0 Å². The van der Waals surface area contributed by atoms with Crippen molar-refractivity contribution in [1.82, 2.24) is 19.6 Å². The van der Waals surface area contributed by atoms with E-state index in [2.05, 4.69) is 15.2 Å². The summed E-state index contributed by atoms with van der Waals surface area (Å²) >= 11 is 5.98. The fourth-order valence-electron chi connectivity index (χ4n) is 1.12. The van der Waals surface area contributed by atoms with Crippen molar-refractivity contribution in [2.75, 3.05) is 0 Å². The summed E-state index contributed by atoms with van der Waals surface area (Å²) in [7, 11) is 0. The van der Waals surface area contributed by atoms with Crippen LogP contribution in [0.25, 0.3) is 5.78 Å². The Kier molecular flexibility index (Phi) is 2.05. The smallest absolute Gasteiger partial charge is 0.255 e. The van der Waals surface area contributed by atoms with Gasteiger partial charge in [0.1, 0.15) is 5.15 Å². The van der Waals surface area contributed by atoms with Gasteiger partial charge in [0, 0.05) is 6.20 Å². The average molecular weight is 211 g/mol. The zero-order valence-electron chi connectivity index (χ0n) is 7.11. The zero-order valence-corrected chi connectivity index (χ0v) is 7.86. The van der Waals surface area contributed by atoms with Gasteiger partial charge in [-0.15, -0.1) is 5.10 Å². The third-order valence-electron chi connectivity index (χ3n) is 1.69. The number of halogens is 1. The van der Waals surface area contributed by atoms with E-state index >= 15 is 0 Å². The molecule has 0 aliphatic carbocycles. The highest BCUT2D eigenvalue weighted by atomic mass is 35.5. The number of amidine groups is 1. The fourth-order valence-corrected chi connectivity index (χ4v) is 1.37. The highest BCUT2D eigenvalue weighted by Crippen LogP contribution is 2.16. The van der Waals surface area contributed by atoms with E-state index in [9.17, 15) is 0 Å². The van der Waals surface area contributed by atoms with E-state index in [4.69, 9.17) is 22.7 Å². The number of nitrogens with two attached hydrogens (primary N) is 1. The van der Waals surface area contributed by atoms with Crippen LogP contribution in [0.1, 0.15) is 5.69 Å². The van der Waals surface area contributed by atoms with Crippen molar-refractivity contribution in [3.63, 3.8) is 0 Å². The minimum Gasteiger partial charge on any atom is -0.387 e. The van der Waals surface area contributed by atoms with Crippen LogP contribution in [-0.4, -0.2) is 25.4 Å². The molecule has 72 valence electrons. The zero-order chi connectivity index (χ0) is 10.1. The maximum absolute atomic E-state index is 7.14. The van der Waals surface area contributed by atoms with E-state index in [-0.39, 0.29) is 12.3 Å². The Morgan fingerprint density at radius 1 is 1.64 bits per heavy atom. The lowest BCUT2D eigenvalue weighted by atomic mass is 10.3. The molecule has 0 unspecified atom stereocenters. The first kappa shape index (κ1) is 8.89. The Hall–Kier alpha value is -1.69. The molecule has 0 spiro atoms. The van der Waals surface area contributed by atoms with Crippen molar-refractivity contribution in [2.24, 2.45) is 5.73 Å². The second-order valence-corrected chi connectivity index (χ2v) is 3.09. The van der Waals surface area contributed by atoms with Gasteiger partial charge < -0.3 is 5.73 Å². The molecule has 2 heterocycles. The predicted octanol–water partition coefficient (Wildman–Crippen LogP) is 0.256. The minimum absolute atomic E-state index is 0.0169. The number of rotatable bonds is 2. The van der Waals surface area contributed by atoms with Crippen LogP contribution in [0.3, 0.4) is 0 Å². The highest BCUT2D eigenvalue weighted by molar-refractivity contribution is 6.30. The van der Waals surface area contributed by atoms with E-state index in [1.807, 2.05) is 0 Å². The van der Waals surface area contributed by atoms with E-state index in [0.717, 1.165) is 0 Å². The molecule has 0 saturated carbocycles. The molecule has 0 bridgehead atoms. The number of hydrogen-bond donors (Lipinski definition) is 2. The molecule has 0 aliphatic rings. The third-order valence-corrected chi connectivity index (χ3v) is 2.09. The maximum atomic E-state index is 7.14. The molecule has 2 aromatic rings. The largest absolute Gasteiger partial charge is 0.387 e. The molecule has 7 heteroatoms. The van der Waals surface area contributed by atoms with Crippen molar-refractivity contribution in [3.8, 4) is 0 Å². The molecule has 0 aliphatic heterocycles. The van der Waals surface area contributed by atoms with Crippen LogP contribution in [0.5, 0.6) is 0 Å². The van der Waals surface area contributed by atoms with Gasteiger partial charge in [-0.3, -0.25) is 9.81 Å². The summed E-state index contributed by atoms with van der Waals surface area (Å²) in [5.74, 6) is 0.428. The lowest BCUT2D eigenvalue weighted by Crippen LogP contribution is -2.13. The SMILES string of the molecule is N=C(N)Cc1nc2nnccn2c1Cl. The highest BCUT2D eigenvalue weighted by Gasteiger charge is 2.11. The van der Waals surface area contributed by atoms with E-state index < -0.39 is 0 Å². The summed E-state index contributed by atoms with van der Waals surface area (Å²) in [6.45, 7) is 0. The number of fused-ring (bicyclic) bond motifs is 1. The van der Waals surface area contributed by atoms with Crippen LogP contribution in [0, 0.1) is 5.41 Å². The first-order valence-corrected chi connectivity index (χ1v) is 4.23. The summed E-state index contributed by atoms with van der Waals surface area (Å²) in [6, 6.07) is 0. The number of aromatic nitrogens is 4. The topological polar surface area (TPSA) is 93.0 Å². The van der Waals surface area contributed by atoms with Gasteiger partial charge in [-0.25, -0.2) is 4.98 Å². The summed E-state index contributed by atoms with van der Waals surface area (Å²) < 4.78 is 1.59. The van der Waals surface area contributed by atoms with Crippen LogP contribution < -0.4 is 5.73 Å². The van der Waals surface area contributed by atoms with Crippen LogP contribution >= 0.6 is 11.6 Å². The second kappa shape index (κ2) is 3.22. The van der Waals surface area contributed by atoms with Crippen LogP contribution in [0.2, 0.25) is 5.15 Å². The quantitative estimate of drug-likeness (QED) is 0.549. The Bertz CT molecular complexity index is 490. The third kappa shape index (κ3) is 1.39. The molecular formula is C7H7ClN6. The van der Waals surface area contributed by atoms with E-state index in [1.165, 1.54) is 6.20 Å². The second-order valence-electron chi connectivity index (χ2n) is 2.73. The van der Waals surface area contributed by atoms with Gasteiger partial charge in [-0.2, -0.15) is 5.10 Å².